The third-order valence-electron chi connectivity index (χ3n) is 5.84. The van der Waals surface area contributed by atoms with E-state index in [4.69, 9.17) is 21.6 Å². The van der Waals surface area contributed by atoms with Crippen molar-refractivity contribution < 1.29 is 0 Å². The fraction of sp³-hybridized carbons (Fsp3) is 0.462. The van der Waals surface area contributed by atoms with E-state index in [9.17, 15) is 0 Å². The van der Waals surface area contributed by atoms with Crippen molar-refractivity contribution in [1.82, 2.24) is 10.3 Å². The molecule has 1 heterocycles. The van der Waals surface area contributed by atoms with Gasteiger partial charge in [0, 0.05) is 43.8 Å². The highest BCUT2D eigenvalue weighted by molar-refractivity contribution is 6.03. The number of amidine groups is 3. The van der Waals surface area contributed by atoms with Gasteiger partial charge in [-0.15, -0.1) is 0 Å². The van der Waals surface area contributed by atoms with Gasteiger partial charge in [-0.25, -0.2) is 0 Å². The second-order valence-corrected chi connectivity index (χ2v) is 8.16. The SMILES string of the molecule is CCCCC(=NC)NC(Cc1ccc(-c2ccccc2/C(N)=N/N)nc1)=NCC(CC)CC. The summed E-state index contributed by atoms with van der Waals surface area (Å²) in [4.78, 5) is 14.1. The fourth-order valence-electron chi connectivity index (χ4n) is 3.55. The number of pyridine rings is 1. The van der Waals surface area contributed by atoms with Gasteiger partial charge in [-0.05, 0) is 24.0 Å². The van der Waals surface area contributed by atoms with Crippen molar-refractivity contribution in [3.05, 3.63) is 53.7 Å². The molecule has 178 valence electrons. The van der Waals surface area contributed by atoms with Gasteiger partial charge in [-0.1, -0.05) is 70.4 Å². The lowest BCUT2D eigenvalue weighted by atomic mass is 10.0. The van der Waals surface area contributed by atoms with E-state index < -0.39 is 0 Å². The third-order valence-corrected chi connectivity index (χ3v) is 5.84. The zero-order valence-electron chi connectivity index (χ0n) is 20.5. The molecule has 0 saturated carbocycles. The Morgan fingerprint density at radius 2 is 1.82 bits per heavy atom. The van der Waals surface area contributed by atoms with Gasteiger partial charge in [0.2, 0.25) is 0 Å². The molecule has 0 radical (unpaired) electrons. The molecule has 0 unspecified atom stereocenters. The normalized spacial score (nSPS) is 12.9. The first kappa shape index (κ1) is 26.0. The fourth-order valence-corrected chi connectivity index (χ4v) is 3.55. The largest absolute Gasteiger partial charge is 0.382 e. The van der Waals surface area contributed by atoms with E-state index in [0.717, 1.165) is 72.7 Å². The molecule has 0 aliphatic rings. The van der Waals surface area contributed by atoms with E-state index in [0.29, 0.717) is 12.3 Å². The second kappa shape index (κ2) is 14.0. The molecule has 33 heavy (non-hydrogen) atoms. The monoisotopic (exact) mass is 449 g/mol. The van der Waals surface area contributed by atoms with Crippen LogP contribution in [0.3, 0.4) is 0 Å². The molecule has 7 nitrogen and oxygen atoms in total. The molecule has 0 amide bonds. The van der Waals surface area contributed by atoms with Crippen molar-refractivity contribution in [2.24, 2.45) is 32.6 Å². The number of hydrogen-bond acceptors (Lipinski definition) is 5. The van der Waals surface area contributed by atoms with Gasteiger partial charge in [0.05, 0.1) is 5.69 Å². The molecule has 0 fully saturated rings. The van der Waals surface area contributed by atoms with Crippen LogP contribution in [0.4, 0.5) is 0 Å². The highest BCUT2D eigenvalue weighted by atomic mass is 15.2. The quantitative estimate of drug-likeness (QED) is 0.203. The number of aliphatic imine (C=N–C) groups is 2. The summed E-state index contributed by atoms with van der Waals surface area (Å²) in [7, 11) is 1.83. The summed E-state index contributed by atoms with van der Waals surface area (Å²) in [6.45, 7) is 7.45. The van der Waals surface area contributed by atoms with Gasteiger partial charge in [0.25, 0.3) is 0 Å². The van der Waals surface area contributed by atoms with Crippen LogP contribution in [0.2, 0.25) is 0 Å². The highest BCUT2D eigenvalue weighted by Crippen LogP contribution is 2.22. The summed E-state index contributed by atoms with van der Waals surface area (Å²) < 4.78 is 0. The lowest BCUT2D eigenvalue weighted by Crippen LogP contribution is -2.32. The number of nitrogens with zero attached hydrogens (tertiary/aromatic N) is 4. The van der Waals surface area contributed by atoms with E-state index in [1.54, 1.807) is 0 Å². The summed E-state index contributed by atoms with van der Waals surface area (Å²) >= 11 is 0. The molecule has 0 saturated heterocycles. The van der Waals surface area contributed by atoms with Crippen LogP contribution in [0.15, 0.2) is 57.7 Å². The topological polar surface area (TPSA) is 114 Å². The zero-order chi connectivity index (χ0) is 24.1. The van der Waals surface area contributed by atoms with Crippen molar-refractivity contribution >= 4 is 17.5 Å². The van der Waals surface area contributed by atoms with Crippen LogP contribution >= 0.6 is 0 Å². The minimum Gasteiger partial charge on any atom is -0.382 e. The predicted molar refractivity (Wildman–Crippen MR) is 141 cm³/mol. The maximum Gasteiger partial charge on any atom is 0.150 e. The first-order valence-corrected chi connectivity index (χ1v) is 11.9. The van der Waals surface area contributed by atoms with E-state index >= 15 is 0 Å². The predicted octanol–water partition coefficient (Wildman–Crippen LogP) is 4.51. The minimum absolute atomic E-state index is 0.287. The Morgan fingerprint density at radius 3 is 2.42 bits per heavy atom. The molecule has 1 aromatic carbocycles. The summed E-state index contributed by atoms with van der Waals surface area (Å²) in [5, 5.41) is 7.13. The van der Waals surface area contributed by atoms with Crippen LogP contribution in [0.25, 0.3) is 11.3 Å². The van der Waals surface area contributed by atoms with Crippen molar-refractivity contribution in [3.63, 3.8) is 0 Å². The zero-order valence-corrected chi connectivity index (χ0v) is 20.5. The third kappa shape index (κ3) is 8.00. The maximum absolute atomic E-state index is 5.96. The van der Waals surface area contributed by atoms with Crippen molar-refractivity contribution in [1.29, 1.82) is 0 Å². The van der Waals surface area contributed by atoms with Gasteiger partial charge in [0.1, 0.15) is 11.7 Å². The number of unbranched alkanes of at least 4 members (excludes halogenated alkanes) is 1. The number of benzene rings is 1. The van der Waals surface area contributed by atoms with Gasteiger partial charge >= 0.3 is 0 Å². The average Bonchev–Trinajstić information content (AvgIpc) is 2.86. The van der Waals surface area contributed by atoms with E-state index in [-0.39, 0.29) is 5.84 Å². The Balaban J connectivity index is 2.25. The van der Waals surface area contributed by atoms with Crippen molar-refractivity contribution in [3.8, 4) is 11.3 Å². The number of hydrazone groups is 1. The number of aromatic nitrogens is 1. The number of rotatable bonds is 11. The highest BCUT2D eigenvalue weighted by Gasteiger charge is 2.11. The molecule has 0 aliphatic heterocycles. The molecule has 2 rings (SSSR count). The summed E-state index contributed by atoms with van der Waals surface area (Å²) in [5.74, 6) is 8.19. The maximum atomic E-state index is 5.96. The molecule has 2 aromatic rings. The second-order valence-electron chi connectivity index (χ2n) is 8.16. The number of nitrogens with two attached hydrogens (primary N) is 2. The molecule has 0 spiro atoms. The standard InChI is InChI=1S/C26H39N7/c1-5-8-13-24(29-4)32-25(31-17-19(6-2)7-3)16-20-14-15-23(30-18-20)21-11-9-10-12-22(21)26(27)33-28/h9-12,14-15,18-19H,5-8,13,16-17,28H2,1-4H3,(H2,27,33)(H,29,31,32). The van der Waals surface area contributed by atoms with Crippen LogP contribution in [0.5, 0.6) is 0 Å². The Kier molecular flexibility index (Phi) is 11.1. The van der Waals surface area contributed by atoms with Gasteiger partial charge in [-0.2, -0.15) is 5.10 Å². The smallest absolute Gasteiger partial charge is 0.150 e. The van der Waals surface area contributed by atoms with Gasteiger partial charge in [0.15, 0.2) is 5.84 Å². The van der Waals surface area contributed by atoms with Crippen molar-refractivity contribution in [2.45, 2.75) is 59.3 Å². The van der Waals surface area contributed by atoms with Crippen LogP contribution in [-0.2, 0) is 6.42 Å². The summed E-state index contributed by atoms with van der Waals surface area (Å²) in [6.07, 6.45) is 7.98. The Labute approximate surface area is 198 Å². The number of nitrogens with one attached hydrogen (secondary N) is 1. The summed E-state index contributed by atoms with van der Waals surface area (Å²) in [5.41, 5.74) is 9.54. The average molecular weight is 450 g/mol. The van der Waals surface area contributed by atoms with E-state index in [1.165, 1.54) is 0 Å². The summed E-state index contributed by atoms with van der Waals surface area (Å²) in [6, 6.07) is 11.8. The lowest BCUT2D eigenvalue weighted by Gasteiger charge is -2.15. The Bertz CT molecular complexity index is 941. The first-order chi connectivity index (χ1) is 16.1. The lowest BCUT2D eigenvalue weighted by molar-refractivity contribution is 0.505. The number of hydrogen-bond donors (Lipinski definition) is 3. The van der Waals surface area contributed by atoms with Crippen molar-refractivity contribution in [2.75, 3.05) is 13.6 Å². The minimum atomic E-state index is 0.287. The Hall–Kier alpha value is -3.22. The molecular weight excluding hydrogens is 410 g/mol. The molecule has 5 N–H and O–H groups in total. The molecule has 0 aliphatic carbocycles. The molecule has 0 bridgehead atoms. The van der Waals surface area contributed by atoms with E-state index in [2.05, 4.69) is 42.2 Å². The van der Waals surface area contributed by atoms with Crippen LogP contribution in [0.1, 0.15) is 64.0 Å². The van der Waals surface area contributed by atoms with Gasteiger partial charge < -0.3 is 16.9 Å². The van der Waals surface area contributed by atoms with Crippen LogP contribution < -0.4 is 16.9 Å². The first-order valence-electron chi connectivity index (χ1n) is 11.9. The molecule has 7 heteroatoms. The van der Waals surface area contributed by atoms with E-state index in [1.807, 2.05) is 43.6 Å². The molecule has 1 aromatic heterocycles. The molecule has 0 atom stereocenters. The van der Waals surface area contributed by atoms with Gasteiger partial charge in [-0.3, -0.25) is 15.0 Å². The molecular formula is C26H39N7. The Morgan fingerprint density at radius 1 is 1.06 bits per heavy atom. The van der Waals surface area contributed by atoms with Crippen LogP contribution in [0, 0.1) is 5.92 Å². The van der Waals surface area contributed by atoms with Crippen LogP contribution in [-0.4, -0.2) is 36.1 Å².